The van der Waals surface area contributed by atoms with Crippen molar-refractivity contribution in [2.75, 3.05) is 7.05 Å². The number of nitrogens with zero attached hydrogens (tertiary/aromatic N) is 1. The Hall–Kier alpha value is -0.990. The van der Waals surface area contributed by atoms with Crippen molar-refractivity contribution >= 4 is 0 Å². The molecule has 0 unspecified atom stereocenters. The van der Waals surface area contributed by atoms with Crippen LogP contribution in [-0.2, 0) is 0 Å². The van der Waals surface area contributed by atoms with Crippen LogP contribution < -0.4 is 5.32 Å². The Morgan fingerprint density at radius 2 is 2.33 bits per heavy atom. The molecule has 0 saturated heterocycles. The first-order chi connectivity index (χ1) is 4.18. The highest BCUT2D eigenvalue weighted by molar-refractivity contribution is 4.93. The van der Waals surface area contributed by atoms with Crippen molar-refractivity contribution < 1.29 is 4.48 Å². The van der Waals surface area contributed by atoms with Crippen LogP contribution in [0.1, 0.15) is 6.92 Å². The first-order valence-corrected chi connectivity index (χ1v) is 2.61. The molecule has 0 aromatic carbocycles. The van der Waals surface area contributed by atoms with Crippen LogP contribution in [0.3, 0.4) is 0 Å². The number of allylic oxidation sites excluding steroid dienone is 1. The van der Waals surface area contributed by atoms with Crippen LogP contribution in [0.15, 0.2) is 24.7 Å². The van der Waals surface area contributed by atoms with E-state index in [0.717, 1.165) is 0 Å². The second-order valence-electron chi connectivity index (χ2n) is 1.63. The van der Waals surface area contributed by atoms with Crippen LogP contribution in [0.2, 0.25) is 0 Å². The van der Waals surface area contributed by atoms with E-state index in [1.54, 1.807) is 6.92 Å². The fourth-order valence-corrected chi connectivity index (χ4v) is 0.268. The second-order valence-corrected chi connectivity index (χ2v) is 1.63. The van der Waals surface area contributed by atoms with Crippen molar-refractivity contribution in [1.29, 1.82) is 0 Å². The van der Waals surface area contributed by atoms with Gasteiger partial charge in [-0.1, -0.05) is 6.58 Å². The zero-order chi connectivity index (χ0) is 7.28. The summed E-state index contributed by atoms with van der Waals surface area (Å²) in [5.74, 6) is 0. The van der Waals surface area contributed by atoms with Gasteiger partial charge in [-0.3, -0.25) is 0 Å². The molecule has 0 amide bonds. The lowest BCUT2D eigenvalue weighted by Crippen LogP contribution is -2.05. The molecular formula is C6H11FN2. The third-order valence-corrected chi connectivity index (χ3v) is 0.896. The topological polar surface area (TPSA) is 15.3 Å². The average Bonchev–Trinajstić information content (AvgIpc) is 1.82. The highest BCUT2D eigenvalue weighted by Crippen LogP contribution is 1.96. The molecule has 52 valence electrons. The van der Waals surface area contributed by atoms with Gasteiger partial charge >= 0.3 is 0 Å². The molecule has 0 aromatic rings. The first kappa shape index (κ1) is 8.01. The van der Waals surface area contributed by atoms with Gasteiger partial charge in [0.1, 0.15) is 0 Å². The number of nitrogens with one attached hydrogen (secondary N) is 1. The predicted octanol–water partition coefficient (Wildman–Crippen LogP) is 1.40. The molecule has 0 spiro atoms. The van der Waals surface area contributed by atoms with E-state index in [1.807, 2.05) is 0 Å². The molecule has 0 fully saturated rings. The summed E-state index contributed by atoms with van der Waals surface area (Å²) in [6.45, 7) is 5.04. The van der Waals surface area contributed by atoms with Crippen LogP contribution >= 0.6 is 0 Å². The van der Waals surface area contributed by atoms with Crippen LogP contribution in [0.25, 0.3) is 0 Å². The molecule has 0 atom stereocenters. The molecule has 0 saturated carbocycles. The van der Waals surface area contributed by atoms with E-state index in [2.05, 4.69) is 11.9 Å². The third kappa shape index (κ3) is 3.58. The fraction of sp³-hybridized carbons (Fsp3) is 0.333. The predicted molar refractivity (Wildman–Crippen MR) is 36.0 cm³/mol. The largest absolute Gasteiger partial charge is 0.367 e. The van der Waals surface area contributed by atoms with Gasteiger partial charge in [-0.05, 0) is 13.1 Å². The molecule has 0 aliphatic carbocycles. The van der Waals surface area contributed by atoms with Crippen molar-refractivity contribution in [3.63, 3.8) is 0 Å². The van der Waals surface area contributed by atoms with Crippen molar-refractivity contribution in [2.45, 2.75) is 6.92 Å². The molecular weight excluding hydrogens is 119 g/mol. The minimum absolute atomic E-state index is 0.509. The average molecular weight is 130 g/mol. The number of hydrogen-bond acceptors (Lipinski definition) is 2. The van der Waals surface area contributed by atoms with Gasteiger partial charge in [-0.15, -0.1) is 4.48 Å². The summed E-state index contributed by atoms with van der Waals surface area (Å²) >= 11 is 0. The molecule has 0 bridgehead atoms. The van der Waals surface area contributed by atoms with Crippen molar-refractivity contribution in [3.05, 3.63) is 24.7 Å². The lowest BCUT2D eigenvalue weighted by molar-refractivity contribution is 0.107. The summed E-state index contributed by atoms with van der Waals surface area (Å²) in [6.07, 6.45) is 3.00. The molecule has 0 rings (SSSR count). The maximum absolute atomic E-state index is 12.1. The van der Waals surface area contributed by atoms with E-state index in [0.29, 0.717) is 10.8 Å². The molecule has 0 aliphatic heterocycles. The Morgan fingerprint density at radius 3 is 2.67 bits per heavy atom. The number of rotatable bonds is 3. The number of hydrogen-bond donors (Lipinski definition) is 1. The molecule has 3 heteroatoms. The van der Waals surface area contributed by atoms with Gasteiger partial charge in [0.2, 0.25) is 0 Å². The first-order valence-electron chi connectivity index (χ1n) is 2.61. The Balaban J connectivity index is 3.68. The molecule has 0 radical (unpaired) electrons. The van der Waals surface area contributed by atoms with Gasteiger partial charge in [0.05, 0.1) is 5.70 Å². The van der Waals surface area contributed by atoms with Gasteiger partial charge in [0.15, 0.2) is 0 Å². The quantitative estimate of drug-likeness (QED) is 0.581. The summed E-state index contributed by atoms with van der Waals surface area (Å²) in [4.78, 5) is 0. The number of halogens is 1. The minimum Gasteiger partial charge on any atom is -0.367 e. The normalized spacial score (nSPS) is 10.8. The van der Waals surface area contributed by atoms with E-state index >= 15 is 0 Å². The van der Waals surface area contributed by atoms with Gasteiger partial charge in [-0.25, -0.2) is 5.12 Å². The van der Waals surface area contributed by atoms with E-state index < -0.39 is 0 Å². The minimum atomic E-state index is 0.509. The Morgan fingerprint density at radius 1 is 1.78 bits per heavy atom. The van der Waals surface area contributed by atoms with Crippen LogP contribution in [-0.4, -0.2) is 12.2 Å². The molecule has 0 aliphatic rings. The van der Waals surface area contributed by atoms with Gasteiger partial charge < -0.3 is 5.32 Å². The highest BCUT2D eigenvalue weighted by atomic mass is 19.2. The third-order valence-electron chi connectivity index (χ3n) is 0.896. The van der Waals surface area contributed by atoms with Gasteiger partial charge in [-0.2, -0.15) is 0 Å². The Kier molecular flexibility index (Phi) is 3.51. The zero-order valence-corrected chi connectivity index (χ0v) is 5.69. The molecule has 2 nitrogen and oxygen atoms in total. The van der Waals surface area contributed by atoms with Crippen LogP contribution in [0, 0.1) is 0 Å². The summed E-state index contributed by atoms with van der Waals surface area (Å²) in [5.41, 5.74) is 0.509. The molecule has 0 heterocycles. The van der Waals surface area contributed by atoms with E-state index in [4.69, 9.17) is 0 Å². The van der Waals surface area contributed by atoms with Gasteiger partial charge in [0.25, 0.3) is 0 Å². The summed E-state index contributed by atoms with van der Waals surface area (Å²) < 4.78 is 12.1. The highest BCUT2D eigenvalue weighted by Gasteiger charge is 1.90. The SMILES string of the molecule is C=CN/C=C(/C)N(C)F. The summed E-state index contributed by atoms with van der Waals surface area (Å²) in [5, 5.41) is 3.17. The summed E-state index contributed by atoms with van der Waals surface area (Å²) in [6, 6.07) is 0. The smallest absolute Gasteiger partial charge is 0.0586 e. The lowest BCUT2D eigenvalue weighted by atomic mass is 10.5. The standard InChI is InChI=1S/C6H11FN2/c1-4-8-5-6(2)9(3)7/h4-5,8H,1H2,2-3H3/b6-5-. The van der Waals surface area contributed by atoms with E-state index in [-0.39, 0.29) is 0 Å². The second kappa shape index (κ2) is 3.95. The van der Waals surface area contributed by atoms with Crippen LogP contribution in [0.5, 0.6) is 0 Å². The Labute approximate surface area is 54.6 Å². The summed E-state index contributed by atoms with van der Waals surface area (Å²) in [7, 11) is 1.33. The molecule has 1 N–H and O–H groups in total. The lowest BCUT2D eigenvalue weighted by Gasteiger charge is -2.05. The van der Waals surface area contributed by atoms with Crippen molar-refractivity contribution in [3.8, 4) is 0 Å². The van der Waals surface area contributed by atoms with E-state index in [9.17, 15) is 4.48 Å². The molecule has 0 aromatic heterocycles. The van der Waals surface area contributed by atoms with Crippen molar-refractivity contribution in [1.82, 2.24) is 10.4 Å². The van der Waals surface area contributed by atoms with E-state index in [1.165, 1.54) is 19.4 Å². The Bertz CT molecular complexity index is 118. The van der Waals surface area contributed by atoms with Crippen LogP contribution in [0.4, 0.5) is 4.48 Å². The zero-order valence-electron chi connectivity index (χ0n) is 5.69. The van der Waals surface area contributed by atoms with Gasteiger partial charge in [0, 0.05) is 13.2 Å². The monoisotopic (exact) mass is 130 g/mol. The molecule has 9 heavy (non-hydrogen) atoms. The maximum Gasteiger partial charge on any atom is 0.0586 e. The fourth-order valence-electron chi connectivity index (χ4n) is 0.268. The van der Waals surface area contributed by atoms with Crippen molar-refractivity contribution in [2.24, 2.45) is 0 Å². The maximum atomic E-state index is 12.1.